The van der Waals surface area contributed by atoms with E-state index in [1.807, 2.05) is 6.92 Å². The highest BCUT2D eigenvalue weighted by Gasteiger charge is 2.17. The van der Waals surface area contributed by atoms with Gasteiger partial charge in [0, 0.05) is 30.4 Å². The Balaban J connectivity index is 1.70. The minimum atomic E-state index is -0.0297. The van der Waals surface area contributed by atoms with Gasteiger partial charge in [-0.15, -0.1) is 0 Å². The summed E-state index contributed by atoms with van der Waals surface area (Å²) in [5.74, 6) is 1.64. The lowest BCUT2D eigenvalue weighted by atomic mass is 10.1. The van der Waals surface area contributed by atoms with Crippen molar-refractivity contribution in [1.82, 2.24) is 10.1 Å². The van der Waals surface area contributed by atoms with E-state index in [9.17, 15) is 0 Å². The quantitative estimate of drug-likeness (QED) is 0.905. The van der Waals surface area contributed by atoms with Crippen LogP contribution in [0.4, 0.5) is 11.4 Å². The zero-order chi connectivity index (χ0) is 17.1. The predicted molar refractivity (Wildman–Crippen MR) is 94.6 cm³/mol. The summed E-state index contributed by atoms with van der Waals surface area (Å²) in [5, 5.41) is 7.50. The van der Waals surface area contributed by atoms with Gasteiger partial charge in [0.25, 0.3) is 0 Å². The van der Waals surface area contributed by atoms with Crippen molar-refractivity contribution in [1.29, 1.82) is 0 Å². The molecule has 0 unspecified atom stereocenters. The number of benzene rings is 1. The fraction of sp³-hybridized carbons (Fsp3) is 0.556. The van der Waals surface area contributed by atoms with Crippen LogP contribution in [0.25, 0.3) is 0 Å². The van der Waals surface area contributed by atoms with Gasteiger partial charge in [-0.3, -0.25) is 0 Å². The van der Waals surface area contributed by atoms with Gasteiger partial charge in [0.05, 0.1) is 13.2 Å². The molecule has 1 fully saturated rings. The van der Waals surface area contributed by atoms with E-state index in [-0.39, 0.29) is 12.0 Å². The summed E-state index contributed by atoms with van der Waals surface area (Å²) in [4.78, 5) is 6.82. The van der Waals surface area contributed by atoms with Crippen molar-refractivity contribution in [3.8, 4) is 0 Å². The minimum Gasteiger partial charge on any atom is -0.378 e. The molecule has 2 heterocycles. The molecule has 1 atom stereocenters. The van der Waals surface area contributed by atoms with E-state index in [1.54, 1.807) is 0 Å². The van der Waals surface area contributed by atoms with Gasteiger partial charge in [-0.25, -0.2) is 0 Å². The van der Waals surface area contributed by atoms with Crippen molar-refractivity contribution in [3.05, 3.63) is 35.5 Å². The van der Waals surface area contributed by atoms with E-state index in [2.05, 4.69) is 59.3 Å². The zero-order valence-corrected chi connectivity index (χ0v) is 14.9. The molecule has 24 heavy (non-hydrogen) atoms. The van der Waals surface area contributed by atoms with E-state index >= 15 is 0 Å². The number of nitrogens with one attached hydrogen (secondary N) is 1. The number of ether oxygens (including phenoxy) is 1. The van der Waals surface area contributed by atoms with Gasteiger partial charge in [0.2, 0.25) is 5.89 Å². The number of hydrogen-bond donors (Lipinski definition) is 1. The lowest BCUT2D eigenvalue weighted by Gasteiger charge is -2.29. The molecule has 1 aromatic heterocycles. The van der Waals surface area contributed by atoms with Gasteiger partial charge >= 0.3 is 0 Å². The first kappa shape index (κ1) is 16.8. The number of nitrogens with zero attached hydrogens (tertiary/aromatic N) is 3. The number of aryl methyl sites for hydroxylation is 1. The Kier molecular flexibility index (Phi) is 5.04. The molecule has 2 aromatic rings. The highest BCUT2D eigenvalue weighted by atomic mass is 16.5. The van der Waals surface area contributed by atoms with Gasteiger partial charge in [0.15, 0.2) is 5.82 Å². The van der Waals surface area contributed by atoms with Crippen LogP contribution in [0.15, 0.2) is 22.7 Å². The Hall–Kier alpha value is -2.08. The van der Waals surface area contributed by atoms with Crippen molar-refractivity contribution in [2.45, 2.75) is 39.7 Å². The number of rotatable bonds is 5. The maximum atomic E-state index is 5.42. The van der Waals surface area contributed by atoms with Crippen molar-refractivity contribution in [2.75, 3.05) is 36.5 Å². The predicted octanol–water partition coefficient (Wildman–Crippen LogP) is 3.51. The SMILES string of the molecule is Cc1cc(N2CCOCC2)ccc1N[C@@H](C)c1nc(C(C)C)no1. The van der Waals surface area contributed by atoms with Crippen molar-refractivity contribution >= 4 is 11.4 Å². The first-order valence-corrected chi connectivity index (χ1v) is 8.58. The maximum absolute atomic E-state index is 5.42. The Morgan fingerprint density at radius 2 is 1.92 bits per heavy atom. The smallest absolute Gasteiger partial charge is 0.248 e. The van der Waals surface area contributed by atoms with Crippen molar-refractivity contribution in [3.63, 3.8) is 0 Å². The van der Waals surface area contributed by atoms with Gasteiger partial charge in [-0.1, -0.05) is 19.0 Å². The largest absolute Gasteiger partial charge is 0.378 e. The second kappa shape index (κ2) is 7.21. The van der Waals surface area contributed by atoms with Gasteiger partial charge in [0.1, 0.15) is 6.04 Å². The van der Waals surface area contributed by atoms with E-state index in [1.165, 1.54) is 11.3 Å². The van der Waals surface area contributed by atoms with Gasteiger partial charge < -0.3 is 19.5 Å². The lowest BCUT2D eigenvalue weighted by molar-refractivity contribution is 0.122. The minimum absolute atomic E-state index is 0.0297. The molecule has 1 N–H and O–H groups in total. The third kappa shape index (κ3) is 3.70. The Bertz CT molecular complexity index is 677. The molecule has 6 heteroatoms. The molecular weight excluding hydrogens is 304 g/mol. The van der Waals surface area contributed by atoms with Gasteiger partial charge in [-0.2, -0.15) is 4.98 Å². The summed E-state index contributed by atoms with van der Waals surface area (Å²) in [5.41, 5.74) is 3.53. The van der Waals surface area contributed by atoms with Gasteiger partial charge in [-0.05, 0) is 37.6 Å². The summed E-state index contributed by atoms with van der Waals surface area (Å²) < 4.78 is 10.8. The summed E-state index contributed by atoms with van der Waals surface area (Å²) in [6.45, 7) is 11.8. The van der Waals surface area contributed by atoms with E-state index in [4.69, 9.17) is 9.26 Å². The molecule has 0 radical (unpaired) electrons. The molecule has 1 aliphatic heterocycles. The molecule has 130 valence electrons. The monoisotopic (exact) mass is 330 g/mol. The molecule has 1 aromatic carbocycles. The Morgan fingerprint density at radius 3 is 2.54 bits per heavy atom. The molecule has 1 saturated heterocycles. The fourth-order valence-electron chi connectivity index (χ4n) is 2.78. The lowest BCUT2D eigenvalue weighted by Crippen LogP contribution is -2.36. The molecule has 0 saturated carbocycles. The molecule has 6 nitrogen and oxygen atoms in total. The topological polar surface area (TPSA) is 63.4 Å². The van der Waals surface area contributed by atoms with Crippen LogP contribution in [-0.4, -0.2) is 36.4 Å². The highest BCUT2D eigenvalue weighted by Crippen LogP contribution is 2.26. The molecule has 3 rings (SSSR count). The van der Waals surface area contributed by atoms with Crippen LogP contribution >= 0.6 is 0 Å². The average Bonchev–Trinajstić information content (AvgIpc) is 3.08. The standard InChI is InChI=1S/C18H26N4O2/c1-12(2)17-20-18(24-21-17)14(4)19-16-6-5-15(11-13(16)3)22-7-9-23-10-8-22/h5-6,11-12,14,19H,7-10H2,1-4H3/t14-/m0/s1. The molecule has 0 spiro atoms. The van der Waals surface area contributed by atoms with Crippen LogP contribution in [0.1, 0.15) is 50.0 Å². The highest BCUT2D eigenvalue weighted by molar-refractivity contribution is 5.60. The number of anilines is 2. The zero-order valence-electron chi connectivity index (χ0n) is 14.9. The van der Waals surface area contributed by atoms with Crippen LogP contribution in [0.5, 0.6) is 0 Å². The summed E-state index contributed by atoms with van der Waals surface area (Å²) in [6, 6.07) is 6.46. The maximum Gasteiger partial charge on any atom is 0.248 e. The van der Waals surface area contributed by atoms with Crippen LogP contribution < -0.4 is 10.2 Å². The van der Waals surface area contributed by atoms with E-state index in [0.717, 1.165) is 37.8 Å². The summed E-state index contributed by atoms with van der Waals surface area (Å²) >= 11 is 0. The molecule has 1 aliphatic rings. The first-order valence-electron chi connectivity index (χ1n) is 8.58. The Morgan fingerprint density at radius 1 is 1.17 bits per heavy atom. The molecule has 0 aliphatic carbocycles. The van der Waals surface area contributed by atoms with Crippen LogP contribution in [0.3, 0.4) is 0 Å². The third-order valence-corrected chi connectivity index (χ3v) is 4.30. The average molecular weight is 330 g/mol. The van der Waals surface area contributed by atoms with Crippen LogP contribution in [-0.2, 0) is 4.74 Å². The van der Waals surface area contributed by atoms with Crippen molar-refractivity contribution < 1.29 is 9.26 Å². The second-order valence-corrected chi connectivity index (χ2v) is 6.61. The summed E-state index contributed by atoms with van der Waals surface area (Å²) in [6.07, 6.45) is 0. The Labute approximate surface area is 143 Å². The van der Waals surface area contributed by atoms with E-state index in [0.29, 0.717) is 5.89 Å². The number of aromatic nitrogens is 2. The van der Waals surface area contributed by atoms with Crippen LogP contribution in [0, 0.1) is 6.92 Å². The van der Waals surface area contributed by atoms with Crippen LogP contribution in [0.2, 0.25) is 0 Å². The van der Waals surface area contributed by atoms with Crippen molar-refractivity contribution in [2.24, 2.45) is 0 Å². The third-order valence-electron chi connectivity index (χ3n) is 4.30. The normalized spacial score (nSPS) is 16.5. The molecular formula is C18H26N4O2. The van der Waals surface area contributed by atoms with E-state index < -0.39 is 0 Å². The number of morpholine rings is 1. The molecule has 0 bridgehead atoms. The second-order valence-electron chi connectivity index (χ2n) is 6.61. The first-order chi connectivity index (χ1) is 11.5. The molecule has 0 amide bonds. The summed E-state index contributed by atoms with van der Waals surface area (Å²) in [7, 11) is 0. The number of hydrogen-bond acceptors (Lipinski definition) is 6. The fourth-order valence-corrected chi connectivity index (χ4v) is 2.78.